The van der Waals surface area contributed by atoms with E-state index in [2.05, 4.69) is 10.4 Å². The minimum atomic E-state index is -4.73. The molecule has 2 N–H and O–H groups in total. The van der Waals surface area contributed by atoms with Crippen molar-refractivity contribution in [2.45, 2.75) is 18.6 Å². The van der Waals surface area contributed by atoms with Gasteiger partial charge in [-0.2, -0.15) is 18.3 Å². The number of alkyl halides is 3. The average molecular weight is 263 g/mol. The number of nitrogens with zero attached hydrogens (tertiary/aromatic N) is 2. The average Bonchev–Trinajstić information content (AvgIpc) is 3.00. The van der Waals surface area contributed by atoms with Crippen molar-refractivity contribution in [1.29, 1.82) is 0 Å². The number of hydrogen-bond donors (Lipinski definition) is 2. The maximum Gasteiger partial charge on any atom is 0.423 e. The lowest BCUT2D eigenvalue weighted by atomic mass is 10.2. The third-order valence-electron chi connectivity index (χ3n) is 2.92. The molecule has 0 aliphatic heterocycles. The number of aliphatic hydroxyl groups excluding tert-OH is 1. The fraction of sp³-hybridized carbons (Fsp3) is 0.600. The minimum absolute atomic E-state index is 0.0601. The van der Waals surface area contributed by atoms with Crippen LogP contribution in [-0.4, -0.2) is 27.5 Å². The number of hydrogen-bond acceptors (Lipinski definition) is 4. The van der Waals surface area contributed by atoms with Crippen molar-refractivity contribution in [3.63, 3.8) is 0 Å². The van der Waals surface area contributed by atoms with Crippen molar-refractivity contribution >= 4 is 5.69 Å². The second-order valence-corrected chi connectivity index (χ2v) is 4.29. The van der Waals surface area contributed by atoms with E-state index in [1.54, 1.807) is 0 Å². The molecule has 2 rings (SSSR count). The van der Waals surface area contributed by atoms with E-state index in [4.69, 9.17) is 5.11 Å². The Hall–Kier alpha value is -1.57. The maximum atomic E-state index is 12.8. The quantitative estimate of drug-likeness (QED) is 0.837. The maximum absolute atomic E-state index is 12.8. The Morgan fingerprint density at radius 1 is 1.61 bits per heavy atom. The van der Waals surface area contributed by atoms with E-state index < -0.39 is 17.3 Å². The van der Waals surface area contributed by atoms with Gasteiger partial charge in [0.15, 0.2) is 0 Å². The predicted molar refractivity (Wildman–Crippen MR) is 57.1 cm³/mol. The molecule has 2 unspecified atom stereocenters. The van der Waals surface area contributed by atoms with Gasteiger partial charge in [-0.15, -0.1) is 0 Å². The standard InChI is InChI=1S/C10H12F3N3O2/c1-16-9(18)8(10(11,12)13)7(3-14-16)15-6-2-5(6)4-17/h3,5-6,15,17H,2,4H2,1H3. The molecule has 1 aromatic rings. The molecule has 8 heteroatoms. The van der Waals surface area contributed by atoms with Gasteiger partial charge in [-0.1, -0.05) is 0 Å². The second kappa shape index (κ2) is 4.27. The first-order chi connectivity index (χ1) is 8.34. The molecule has 100 valence electrons. The molecule has 0 spiro atoms. The fourth-order valence-electron chi connectivity index (χ4n) is 1.75. The Bertz CT molecular complexity index is 512. The summed E-state index contributed by atoms with van der Waals surface area (Å²) in [6, 6.07) is -0.231. The molecule has 0 radical (unpaired) electrons. The van der Waals surface area contributed by atoms with Gasteiger partial charge in [0.05, 0.1) is 11.9 Å². The van der Waals surface area contributed by atoms with Crippen LogP contribution in [0, 0.1) is 5.92 Å². The largest absolute Gasteiger partial charge is 0.423 e. The van der Waals surface area contributed by atoms with Gasteiger partial charge in [-0.25, -0.2) is 4.68 Å². The molecule has 1 fully saturated rings. The van der Waals surface area contributed by atoms with Crippen LogP contribution in [0.3, 0.4) is 0 Å². The van der Waals surface area contributed by atoms with Crippen molar-refractivity contribution in [3.05, 3.63) is 22.1 Å². The normalized spacial score (nSPS) is 22.9. The summed E-state index contributed by atoms with van der Waals surface area (Å²) in [5.41, 5.74) is -2.76. The van der Waals surface area contributed by atoms with Crippen LogP contribution < -0.4 is 10.9 Å². The van der Waals surface area contributed by atoms with Crippen LogP contribution >= 0.6 is 0 Å². The van der Waals surface area contributed by atoms with Crippen LogP contribution in [0.5, 0.6) is 0 Å². The topological polar surface area (TPSA) is 67.2 Å². The molecular weight excluding hydrogens is 251 g/mol. The van der Waals surface area contributed by atoms with Crippen LogP contribution in [-0.2, 0) is 13.2 Å². The van der Waals surface area contributed by atoms with Gasteiger partial charge < -0.3 is 10.4 Å². The molecular formula is C10H12F3N3O2. The Kier molecular flexibility index (Phi) is 3.05. The first kappa shape index (κ1) is 12.9. The summed E-state index contributed by atoms with van der Waals surface area (Å²) in [5.74, 6) is -0.0601. The van der Waals surface area contributed by atoms with Crippen molar-refractivity contribution in [2.75, 3.05) is 11.9 Å². The molecule has 18 heavy (non-hydrogen) atoms. The molecule has 5 nitrogen and oxygen atoms in total. The van der Waals surface area contributed by atoms with Crippen molar-refractivity contribution in [3.8, 4) is 0 Å². The summed E-state index contributed by atoms with van der Waals surface area (Å²) in [4.78, 5) is 11.5. The van der Waals surface area contributed by atoms with Crippen LogP contribution in [0.2, 0.25) is 0 Å². The number of nitrogens with one attached hydrogen (secondary N) is 1. The van der Waals surface area contributed by atoms with Crippen LogP contribution in [0.1, 0.15) is 12.0 Å². The van der Waals surface area contributed by atoms with Gasteiger partial charge in [0.2, 0.25) is 0 Å². The third-order valence-corrected chi connectivity index (χ3v) is 2.92. The minimum Gasteiger partial charge on any atom is -0.396 e. The highest BCUT2D eigenvalue weighted by atomic mass is 19.4. The van der Waals surface area contributed by atoms with E-state index in [0.717, 1.165) is 13.2 Å². The number of aliphatic hydroxyl groups is 1. The SMILES string of the molecule is Cn1ncc(NC2CC2CO)c(C(F)(F)F)c1=O. The third kappa shape index (κ3) is 2.33. The van der Waals surface area contributed by atoms with Crippen molar-refractivity contribution in [1.82, 2.24) is 9.78 Å². The molecule has 0 amide bonds. The van der Waals surface area contributed by atoms with Gasteiger partial charge in [0.25, 0.3) is 5.56 Å². The number of rotatable bonds is 3. The summed E-state index contributed by atoms with van der Waals surface area (Å²) in [7, 11) is 1.16. The highest BCUT2D eigenvalue weighted by Gasteiger charge is 2.41. The van der Waals surface area contributed by atoms with E-state index in [1.165, 1.54) is 0 Å². The summed E-state index contributed by atoms with van der Waals surface area (Å²) in [6.07, 6.45) is -3.16. The smallest absolute Gasteiger partial charge is 0.396 e. The van der Waals surface area contributed by atoms with E-state index in [9.17, 15) is 18.0 Å². The molecule has 0 aromatic carbocycles. The second-order valence-electron chi connectivity index (χ2n) is 4.29. The summed E-state index contributed by atoms with van der Waals surface area (Å²) < 4.78 is 39.1. The molecule has 1 aliphatic carbocycles. The van der Waals surface area contributed by atoms with Gasteiger partial charge in [-0.3, -0.25) is 4.79 Å². The predicted octanol–water partition coefficient (Wildman–Crippen LogP) is 0.592. The van der Waals surface area contributed by atoms with E-state index in [1.807, 2.05) is 0 Å². The van der Waals surface area contributed by atoms with Crippen molar-refractivity contribution < 1.29 is 18.3 Å². The lowest BCUT2D eigenvalue weighted by Gasteiger charge is -2.14. The lowest BCUT2D eigenvalue weighted by molar-refractivity contribution is -0.138. The van der Waals surface area contributed by atoms with Gasteiger partial charge in [0.1, 0.15) is 5.56 Å². The van der Waals surface area contributed by atoms with Gasteiger partial charge >= 0.3 is 6.18 Å². The fourth-order valence-corrected chi connectivity index (χ4v) is 1.75. The van der Waals surface area contributed by atoms with Crippen LogP contribution in [0.15, 0.2) is 11.0 Å². The highest BCUT2D eigenvalue weighted by Crippen LogP contribution is 2.37. The Morgan fingerprint density at radius 3 is 2.78 bits per heavy atom. The summed E-state index contributed by atoms with van der Waals surface area (Å²) >= 11 is 0. The number of aromatic nitrogens is 2. The molecule has 1 aromatic heterocycles. The van der Waals surface area contributed by atoms with Crippen LogP contribution in [0.4, 0.5) is 18.9 Å². The van der Waals surface area contributed by atoms with E-state index in [0.29, 0.717) is 11.1 Å². The summed E-state index contributed by atoms with van der Waals surface area (Å²) in [5, 5.41) is 15.0. The molecule has 1 saturated carbocycles. The lowest BCUT2D eigenvalue weighted by Crippen LogP contribution is -2.30. The molecule has 0 bridgehead atoms. The zero-order chi connectivity index (χ0) is 13.5. The number of anilines is 1. The molecule has 0 saturated heterocycles. The summed E-state index contributed by atoms with van der Waals surface area (Å²) in [6.45, 7) is -0.0860. The Morgan fingerprint density at radius 2 is 2.28 bits per heavy atom. The first-order valence-electron chi connectivity index (χ1n) is 5.35. The van der Waals surface area contributed by atoms with E-state index >= 15 is 0 Å². The number of aryl methyl sites for hydroxylation is 1. The molecule has 2 atom stereocenters. The van der Waals surface area contributed by atoms with Crippen molar-refractivity contribution in [2.24, 2.45) is 13.0 Å². The number of halogens is 3. The highest BCUT2D eigenvalue weighted by molar-refractivity contribution is 5.51. The monoisotopic (exact) mass is 263 g/mol. The zero-order valence-electron chi connectivity index (χ0n) is 9.53. The Labute approximate surface area is 100 Å². The van der Waals surface area contributed by atoms with Crippen LogP contribution in [0.25, 0.3) is 0 Å². The zero-order valence-corrected chi connectivity index (χ0v) is 9.53. The molecule has 1 aliphatic rings. The van der Waals surface area contributed by atoms with E-state index in [-0.39, 0.29) is 24.3 Å². The Balaban J connectivity index is 2.36. The molecule has 1 heterocycles. The van der Waals surface area contributed by atoms with Gasteiger partial charge in [-0.05, 0) is 6.42 Å². The van der Waals surface area contributed by atoms with Gasteiger partial charge in [0, 0.05) is 25.6 Å². The first-order valence-corrected chi connectivity index (χ1v) is 5.35.